The number of hydrogen-bond donors (Lipinski definition) is 1. The third-order valence-corrected chi connectivity index (χ3v) is 9.69. The Morgan fingerprint density at radius 1 is 0.797 bits per heavy atom. The van der Waals surface area contributed by atoms with Gasteiger partial charge in [-0.25, -0.2) is 9.59 Å². The van der Waals surface area contributed by atoms with Gasteiger partial charge in [-0.05, 0) is 18.9 Å². The van der Waals surface area contributed by atoms with Gasteiger partial charge >= 0.3 is 11.4 Å². The summed E-state index contributed by atoms with van der Waals surface area (Å²) < 4.78 is 30.8. The first-order chi connectivity index (χ1) is 28.4. The van der Waals surface area contributed by atoms with Crippen LogP contribution in [-0.2, 0) is 26.1 Å². The Morgan fingerprint density at radius 2 is 1.27 bits per heavy atom. The topological polar surface area (TPSA) is 222 Å². The number of alkyl halides is 1. The van der Waals surface area contributed by atoms with Crippen LogP contribution in [-0.4, -0.2) is 71.7 Å². The molecule has 1 N–H and O–H groups in total. The fraction of sp³-hybridized carbons (Fsp3) is 0.400. The van der Waals surface area contributed by atoms with E-state index in [1.54, 1.807) is 73.1 Å². The smallest absolute Gasteiger partial charge is 0.352 e. The normalized spacial score (nSPS) is 20.6. The lowest BCUT2D eigenvalue weighted by molar-refractivity contribution is -0.386. The fourth-order valence-corrected chi connectivity index (χ4v) is 6.63. The molecule has 2 aromatic heterocycles. The molecule has 0 saturated carbocycles. The van der Waals surface area contributed by atoms with E-state index in [0.717, 1.165) is 0 Å². The number of aliphatic hydroxyl groups excluding tert-OH is 1. The summed E-state index contributed by atoms with van der Waals surface area (Å²) in [4.78, 5) is 52.7. The molecule has 4 aromatic rings. The molecule has 2 aromatic carbocycles. The molecule has 0 radical (unpaired) electrons. The molecular weight excluding hydrogens is 836 g/mol. The zero-order valence-corrected chi connectivity index (χ0v) is 34.2. The van der Waals surface area contributed by atoms with E-state index in [4.69, 9.17) is 23.7 Å². The molecule has 2 fully saturated rings. The number of nitro groups is 2. The Morgan fingerprint density at radius 3 is 1.71 bits per heavy atom. The van der Waals surface area contributed by atoms with E-state index in [1.807, 2.05) is 13.8 Å². The lowest BCUT2D eigenvalue weighted by Gasteiger charge is -2.17. The number of rotatable bonds is 16. The first-order valence-electron chi connectivity index (χ1n) is 18.7. The summed E-state index contributed by atoms with van der Waals surface area (Å²) in [6.07, 6.45) is 6.23. The van der Waals surface area contributed by atoms with Gasteiger partial charge in [-0.3, -0.25) is 29.4 Å². The van der Waals surface area contributed by atoms with E-state index < -0.39 is 34.9 Å². The highest BCUT2D eigenvalue weighted by atomic mass is 79.9. The van der Waals surface area contributed by atoms with Crippen molar-refractivity contribution < 1.29 is 38.6 Å². The van der Waals surface area contributed by atoms with Crippen LogP contribution in [0.25, 0.3) is 0 Å². The predicted molar refractivity (Wildman–Crippen MR) is 219 cm³/mol. The van der Waals surface area contributed by atoms with Gasteiger partial charge in [-0.15, -0.1) is 0 Å². The van der Waals surface area contributed by atoms with Crippen LogP contribution in [0.5, 0.6) is 11.8 Å². The van der Waals surface area contributed by atoms with Crippen molar-refractivity contribution in [3.63, 3.8) is 0 Å². The van der Waals surface area contributed by atoms with Crippen molar-refractivity contribution in [3.05, 3.63) is 151 Å². The largest absolute Gasteiger partial charge is 0.473 e. The predicted octanol–water partition coefficient (Wildman–Crippen LogP) is 6.36. The van der Waals surface area contributed by atoms with Gasteiger partial charge in [0.15, 0.2) is 0 Å². The van der Waals surface area contributed by atoms with Crippen molar-refractivity contribution >= 4 is 27.3 Å². The van der Waals surface area contributed by atoms with Crippen molar-refractivity contribution in [1.82, 2.24) is 19.1 Å². The second-order valence-corrected chi connectivity index (χ2v) is 13.5. The number of hydrogen-bond acceptors (Lipinski definition) is 14. The van der Waals surface area contributed by atoms with Crippen molar-refractivity contribution in [2.24, 2.45) is 0 Å². The molecule has 59 heavy (non-hydrogen) atoms. The number of para-hydroxylation sites is 2. The van der Waals surface area contributed by atoms with E-state index >= 15 is 0 Å². The molecule has 6 rings (SSSR count). The Labute approximate surface area is 348 Å². The van der Waals surface area contributed by atoms with Gasteiger partial charge in [0.1, 0.15) is 25.7 Å². The lowest BCUT2D eigenvalue weighted by Crippen LogP contribution is -2.27. The highest BCUT2D eigenvalue weighted by Gasteiger charge is 2.37. The number of nitrogens with zero attached hydrogens (tertiary/aromatic N) is 6. The van der Waals surface area contributed by atoms with Crippen molar-refractivity contribution in [1.29, 1.82) is 0 Å². The molecule has 2 saturated heterocycles. The van der Waals surface area contributed by atoms with Crippen molar-refractivity contribution in [3.8, 4) is 11.8 Å². The average molecular weight is 884 g/mol. The summed E-state index contributed by atoms with van der Waals surface area (Å²) in [5, 5.41) is 31.8. The van der Waals surface area contributed by atoms with Crippen LogP contribution in [0.15, 0.2) is 108 Å². The molecule has 0 bridgehead atoms. The maximum Gasteiger partial charge on any atom is 0.352 e. The summed E-state index contributed by atoms with van der Waals surface area (Å²) >= 11 is 3.17. The maximum absolute atomic E-state index is 12.3. The van der Waals surface area contributed by atoms with Gasteiger partial charge in [0.05, 0.1) is 46.4 Å². The zero-order valence-electron chi connectivity index (χ0n) is 32.6. The summed E-state index contributed by atoms with van der Waals surface area (Å²) in [5.41, 5.74) is 0.466. The molecule has 316 valence electrons. The number of aromatic nitrogens is 4. The van der Waals surface area contributed by atoms with Gasteiger partial charge in [0.25, 0.3) is 11.4 Å². The quantitative estimate of drug-likeness (QED) is 0.0560. The summed E-state index contributed by atoms with van der Waals surface area (Å²) in [5.74, 6) is 0.479. The molecule has 4 heterocycles. The minimum absolute atomic E-state index is 0.0200. The highest BCUT2D eigenvalue weighted by molar-refractivity contribution is 9.08. The number of aliphatic hydroxyl groups is 1. The molecule has 2 aliphatic rings. The van der Waals surface area contributed by atoms with Crippen LogP contribution >= 0.6 is 15.9 Å². The Bertz CT molecular complexity index is 2150. The van der Waals surface area contributed by atoms with Gasteiger partial charge in [0.2, 0.25) is 11.8 Å². The third kappa shape index (κ3) is 12.9. The summed E-state index contributed by atoms with van der Waals surface area (Å²) in [7, 11) is 0. The van der Waals surface area contributed by atoms with E-state index in [0.29, 0.717) is 48.7 Å². The number of nitro benzene ring substituents is 2. The minimum Gasteiger partial charge on any atom is -0.473 e. The molecule has 19 heteroatoms. The lowest BCUT2D eigenvalue weighted by atomic mass is 10.1. The first kappa shape index (κ1) is 46.1. The molecular formula is C40H47BrN6O12. The molecule has 18 nitrogen and oxygen atoms in total. The average Bonchev–Trinajstić information content (AvgIpc) is 3.84. The highest BCUT2D eigenvalue weighted by Crippen LogP contribution is 2.33. The van der Waals surface area contributed by atoms with E-state index in [-0.39, 0.29) is 59.6 Å². The monoisotopic (exact) mass is 882 g/mol. The SMILES string of the molecule is C=CCOc1ccn(C2CC(O)C(CC)O2)c(=O)n1.C=CCOc1ccn(C2CC(OCc3ccccc3[N+](=O)[O-])C(CC)O2)c(=O)n1.O=[N+]([O-])c1ccccc1CBr. The summed E-state index contributed by atoms with van der Waals surface area (Å²) in [6.45, 7) is 11.6. The molecule has 6 unspecified atom stereocenters. The van der Waals surface area contributed by atoms with E-state index in [2.05, 4.69) is 39.1 Å². The third-order valence-electron chi connectivity index (χ3n) is 9.09. The van der Waals surface area contributed by atoms with Crippen LogP contribution in [0.2, 0.25) is 0 Å². The fourth-order valence-electron chi connectivity index (χ4n) is 6.15. The van der Waals surface area contributed by atoms with Gasteiger partial charge in [-0.2, -0.15) is 9.97 Å². The second-order valence-electron chi connectivity index (χ2n) is 13.0. The van der Waals surface area contributed by atoms with Crippen LogP contribution in [0.1, 0.15) is 63.1 Å². The molecule has 6 atom stereocenters. The van der Waals surface area contributed by atoms with Gasteiger partial charge < -0.3 is 28.8 Å². The standard InChI is InChI=1S/C20H23N3O6.C13H18N2O4.C7H6BrNO2/c1-3-11-27-18-9-10-22(20(24)21-18)19-12-17(16(4-2)29-19)28-13-14-7-5-6-8-15(14)23(25)26;1-3-7-18-11-5-6-15(13(17)14-11)12-8-9(16)10(4-2)19-12;8-5-6-3-1-2-4-7(6)9(10)11/h3,5-10,16-17,19H,1,4,11-13H2,2H3;3,5-6,9-10,12,16H,1,4,7-8H2,2H3;1-4H,5H2. The zero-order chi connectivity index (χ0) is 42.9. The summed E-state index contributed by atoms with van der Waals surface area (Å²) in [6, 6.07) is 16.3. The Balaban J connectivity index is 0.000000219. The number of halogens is 1. The van der Waals surface area contributed by atoms with Gasteiger partial charge in [-0.1, -0.05) is 85.4 Å². The van der Waals surface area contributed by atoms with Crippen molar-refractivity contribution in [2.45, 2.75) is 88.3 Å². The second kappa shape index (κ2) is 23.1. The van der Waals surface area contributed by atoms with Crippen LogP contribution < -0.4 is 20.9 Å². The molecule has 0 spiro atoms. The molecule has 0 amide bonds. The van der Waals surface area contributed by atoms with Crippen LogP contribution in [0, 0.1) is 20.2 Å². The molecule has 0 aliphatic carbocycles. The number of benzene rings is 2. The van der Waals surface area contributed by atoms with Gasteiger partial charge in [0, 0.05) is 60.4 Å². The first-order valence-corrected chi connectivity index (χ1v) is 19.8. The minimum atomic E-state index is -0.543. The van der Waals surface area contributed by atoms with Crippen LogP contribution in [0.4, 0.5) is 11.4 Å². The maximum atomic E-state index is 12.3. The molecule has 2 aliphatic heterocycles. The van der Waals surface area contributed by atoms with E-state index in [9.17, 15) is 34.9 Å². The number of ether oxygens (including phenoxy) is 5. The van der Waals surface area contributed by atoms with Crippen molar-refractivity contribution in [2.75, 3.05) is 13.2 Å². The van der Waals surface area contributed by atoms with E-state index in [1.165, 1.54) is 21.3 Å². The Hall–Kier alpha value is -5.60. The van der Waals surface area contributed by atoms with Crippen LogP contribution in [0.3, 0.4) is 0 Å². The Kier molecular flexibility index (Phi) is 18.1.